The van der Waals surface area contributed by atoms with Gasteiger partial charge in [-0.2, -0.15) is 0 Å². The summed E-state index contributed by atoms with van der Waals surface area (Å²) in [5.41, 5.74) is -1.16. The third-order valence-electron chi connectivity index (χ3n) is 6.57. The smallest absolute Gasteiger partial charge is 0.264 e. The number of carbonyl (C=O) groups is 1. The number of likely N-dealkylation sites (N-methyl/N-ethyl adjacent to an activating group) is 1. The molecule has 6 nitrogen and oxygen atoms in total. The number of hydrogen-bond donors (Lipinski definition) is 1. The molecule has 0 saturated carbocycles. The first-order valence-electron chi connectivity index (χ1n) is 12.1. The summed E-state index contributed by atoms with van der Waals surface area (Å²) in [6.07, 6.45) is -2.00. The third kappa shape index (κ3) is 7.02. The Balaban J connectivity index is 1.93. The van der Waals surface area contributed by atoms with E-state index in [4.69, 9.17) is 4.74 Å². The zero-order chi connectivity index (χ0) is 27.7. The van der Waals surface area contributed by atoms with Crippen molar-refractivity contribution in [2.45, 2.75) is 58.0 Å². The van der Waals surface area contributed by atoms with Crippen molar-refractivity contribution in [1.29, 1.82) is 0 Å². The Bertz CT molecular complexity index is 1140. The molecule has 1 aliphatic heterocycles. The van der Waals surface area contributed by atoms with Crippen molar-refractivity contribution in [3.8, 4) is 5.88 Å². The molecule has 2 heterocycles. The molecule has 0 bridgehead atoms. The number of halogens is 5. The second-order valence-corrected chi connectivity index (χ2v) is 17.1. The monoisotopic (exact) mass is 604 g/mol. The van der Waals surface area contributed by atoms with Crippen molar-refractivity contribution in [2.24, 2.45) is 0 Å². The van der Waals surface area contributed by atoms with E-state index >= 15 is 4.39 Å². The van der Waals surface area contributed by atoms with Crippen LogP contribution >= 0.6 is 15.9 Å². The van der Waals surface area contributed by atoms with Crippen LogP contribution in [0.25, 0.3) is 0 Å². The van der Waals surface area contributed by atoms with Crippen molar-refractivity contribution in [1.82, 2.24) is 9.88 Å². The molecule has 0 radical (unpaired) electrons. The van der Waals surface area contributed by atoms with E-state index in [1.165, 1.54) is 0 Å². The quantitative estimate of drug-likeness (QED) is 0.210. The minimum atomic E-state index is -2.99. The molecule has 1 aromatic heterocycles. The van der Waals surface area contributed by atoms with Gasteiger partial charge in [0.1, 0.15) is 11.5 Å². The van der Waals surface area contributed by atoms with Crippen molar-refractivity contribution in [3.63, 3.8) is 0 Å². The van der Waals surface area contributed by atoms with Crippen molar-refractivity contribution >= 4 is 41.3 Å². The van der Waals surface area contributed by atoms with Crippen LogP contribution in [-0.2, 0) is 0 Å². The van der Waals surface area contributed by atoms with E-state index in [1.54, 1.807) is 4.90 Å². The number of anilines is 2. The molecule has 1 saturated heterocycles. The van der Waals surface area contributed by atoms with Gasteiger partial charge in [-0.25, -0.2) is 22.5 Å². The number of hydrogen-bond acceptors (Lipinski definition) is 5. The van der Waals surface area contributed by atoms with Crippen LogP contribution in [-0.4, -0.2) is 62.7 Å². The van der Waals surface area contributed by atoms with E-state index < -0.39 is 47.6 Å². The third-order valence-corrected chi connectivity index (χ3v) is 9.00. The highest BCUT2D eigenvalue weighted by Crippen LogP contribution is 2.38. The highest BCUT2D eigenvalue weighted by molar-refractivity contribution is 9.10. The molecular weight excluding hydrogens is 572 g/mol. The average Bonchev–Trinajstić information content (AvgIpc) is 2.81. The summed E-state index contributed by atoms with van der Waals surface area (Å²) >= 11 is 2.88. The summed E-state index contributed by atoms with van der Waals surface area (Å²) < 4.78 is 62.7. The first kappa shape index (κ1) is 29.4. The van der Waals surface area contributed by atoms with Crippen LogP contribution in [0, 0.1) is 11.6 Å². The Morgan fingerprint density at radius 2 is 1.84 bits per heavy atom. The normalized spacial score (nSPS) is 18.9. The van der Waals surface area contributed by atoms with E-state index in [1.807, 2.05) is 20.9 Å². The molecule has 1 aliphatic rings. The molecule has 2 atom stereocenters. The Hall–Kier alpha value is -2.18. The van der Waals surface area contributed by atoms with Crippen LogP contribution in [0.1, 0.15) is 36.2 Å². The molecule has 3 rings (SSSR count). The van der Waals surface area contributed by atoms with Crippen LogP contribution in [0.2, 0.25) is 25.7 Å². The van der Waals surface area contributed by atoms with Crippen molar-refractivity contribution in [3.05, 3.63) is 45.6 Å². The molecule has 2 aromatic rings. The van der Waals surface area contributed by atoms with Crippen LogP contribution < -0.4 is 15.0 Å². The van der Waals surface area contributed by atoms with Gasteiger partial charge in [0.05, 0.1) is 22.3 Å². The van der Waals surface area contributed by atoms with E-state index in [0.29, 0.717) is 19.7 Å². The molecule has 1 aromatic carbocycles. The van der Waals surface area contributed by atoms with Gasteiger partial charge in [-0.05, 0) is 42.9 Å². The second kappa shape index (κ2) is 11.7. The standard InChI is InChI=1S/C25H33BrF4N4O2Si/c1-14-12-34(13-15(2)33(14)3)19-10-18(27)21(26)22(28)23(19)32-25(35)17-11-31-20(9-16(17)24(29)30)36-7-8-37(4,5)6/h9-11,14-15,24H,7-8,12-13H2,1-6H3,(H,32,35)/t14-,15+. The summed E-state index contributed by atoms with van der Waals surface area (Å²) in [6.45, 7) is 11.7. The zero-order valence-corrected chi connectivity index (χ0v) is 24.4. The number of benzene rings is 1. The fourth-order valence-corrected chi connectivity index (χ4v) is 5.12. The Labute approximate surface area is 224 Å². The maximum atomic E-state index is 15.3. The van der Waals surface area contributed by atoms with Gasteiger partial charge in [0, 0.05) is 57.1 Å². The van der Waals surface area contributed by atoms with Gasteiger partial charge in [-0.15, -0.1) is 0 Å². The fraction of sp³-hybridized carbons (Fsp3) is 0.520. The predicted molar refractivity (Wildman–Crippen MR) is 144 cm³/mol. The molecule has 1 N–H and O–H groups in total. The molecule has 204 valence electrons. The molecule has 37 heavy (non-hydrogen) atoms. The first-order valence-corrected chi connectivity index (χ1v) is 16.6. The van der Waals surface area contributed by atoms with E-state index in [9.17, 15) is 18.0 Å². The number of nitrogens with one attached hydrogen (secondary N) is 1. The van der Waals surface area contributed by atoms with Gasteiger partial charge >= 0.3 is 0 Å². The average molecular weight is 606 g/mol. The lowest BCUT2D eigenvalue weighted by Crippen LogP contribution is -2.55. The number of amides is 1. The lowest BCUT2D eigenvalue weighted by molar-refractivity contribution is 0.101. The number of piperazine rings is 1. The Morgan fingerprint density at radius 1 is 1.22 bits per heavy atom. The molecule has 1 fully saturated rings. The number of alkyl halides is 2. The summed E-state index contributed by atoms with van der Waals surface area (Å²) in [6, 6.07) is 3.13. The Morgan fingerprint density at radius 3 is 2.41 bits per heavy atom. The SMILES string of the molecule is C[C@@H]1CN(c2cc(F)c(Br)c(F)c2NC(=O)c2cnc(OCC[Si](C)(C)C)cc2C(F)F)C[C@H](C)N1C. The van der Waals surface area contributed by atoms with Crippen LogP contribution in [0.5, 0.6) is 5.88 Å². The predicted octanol–water partition coefficient (Wildman–Crippen LogP) is 6.56. The lowest BCUT2D eigenvalue weighted by Gasteiger charge is -2.44. The minimum absolute atomic E-state index is 0.0121. The number of ether oxygens (including phenoxy) is 1. The topological polar surface area (TPSA) is 57.7 Å². The second-order valence-electron chi connectivity index (χ2n) is 10.7. The maximum Gasteiger partial charge on any atom is 0.264 e. The van der Waals surface area contributed by atoms with Crippen LogP contribution in [0.3, 0.4) is 0 Å². The largest absolute Gasteiger partial charge is 0.478 e. The van der Waals surface area contributed by atoms with Gasteiger partial charge < -0.3 is 15.0 Å². The van der Waals surface area contributed by atoms with Crippen LogP contribution in [0.15, 0.2) is 22.8 Å². The highest BCUT2D eigenvalue weighted by atomic mass is 79.9. The fourth-order valence-electron chi connectivity index (χ4n) is 4.09. The number of aromatic nitrogens is 1. The number of pyridine rings is 1. The molecule has 0 aliphatic carbocycles. The van der Waals surface area contributed by atoms with E-state index in [2.05, 4.69) is 50.8 Å². The van der Waals surface area contributed by atoms with Gasteiger partial charge in [-0.3, -0.25) is 9.69 Å². The summed E-state index contributed by atoms with van der Waals surface area (Å²) in [5, 5.41) is 2.40. The van der Waals surface area contributed by atoms with E-state index in [-0.39, 0.29) is 29.3 Å². The summed E-state index contributed by atoms with van der Waals surface area (Å²) in [5.74, 6) is -2.85. The molecule has 0 spiro atoms. The molecule has 1 amide bonds. The highest BCUT2D eigenvalue weighted by Gasteiger charge is 2.31. The summed E-state index contributed by atoms with van der Waals surface area (Å²) in [7, 11) is 0.565. The van der Waals surface area contributed by atoms with Gasteiger partial charge in [0.25, 0.3) is 12.3 Å². The molecule has 0 unspecified atom stereocenters. The number of rotatable bonds is 8. The van der Waals surface area contributed by atoms with Crippen LogP contribution in [0.4, 0.5) is 28.9 Å². The maximum absolute atomic E-state index is 15.3. The minimum Gasteiger partial charge on any atom is -0.478 e. The first-order chi connectivity index (χ1) is 17.2. The van der Waals surface area contributed by atoms with Gasteiger partial charge in [0.2, 0.25) is 5.88 Å². The lowest BCUT2D eigenvalue weighted by atomic mass is 10.1. The van der Waals surface area contributed by atoms with Crippen molar-refractivity contribution in [2.75, 3.05) is 37.0 Å². The molecular formula is C25H33BrF4N4O2Si. The summed E-state index contributed by atoms with van der Waals surface area (Å²) in [4.78, 5) is 21.1. The number of nitrogens with zero attached hydrogens (tertiary/aromatic N) is 3. The van der Waals surface area contributed by atoms with Gasteiger partial charge in [0.15, 0.2) is 5.82 Å². The number of carbonyl (C=O) groups excluding carboxylic acids is 1. The zero-order valence-electron chi connectivity index (χ0n) is 21.8. The van der Waals surface area contributed by atoms with Gasteiger partial charge in [-0.1, -0.05) is 19.6 Å². The Kier molecular flexibility index (Phi) is 9.28. The molecule has 12 heteroatoms. The van der Waals surface area contributed by atoms with Crippen molar-refractivity contribution < 1.29 is 27.1 Å². The van der Waals surface area contributed by atoms with E-state index in [0.717, 1.165) is 24.4 Å².